The van der Waals surface area contributed by atoms with Gasteiger partial charge in [0.25, 0.3) is 5.91 Å². The molecule has 0 N–H and O–H groups in total. The molecule has 2 aromatic rings. The second-order valence-electron chi connectivity index (χ2n) is 6.93. The number of nitrogens with zero attached hydrogens (tertiary/aromatic N) is 2. The summed E-state index contributed by atoms with van der Waals surface area (Å²) in [6.07, 6.45) is 0.559. The van der Waals surface area contributed by atoms with Crippen LogP contribution in [0.1, 0.15) is 22.3 Å². The minimum absolute atomic E-state index is 0.199. The van der Waals surface area contributed by atoms with E-state index in [2.05, 4.69) is 0 Å². The van der Waals surface area contributed by atoms with Crippen LogP contribution in [-0.2, 0) is 10.0 Å². The van der Waals surface area contributed by atoms with Crippen molar-refractivity contribution in [2.45, 2.75) is 18.2 Å². The third-order valence-electron chi connectivity index (χ3n) is 5.04. The van der Waals surface area contributed by atoms with E-state index in [9.17, 15) is 13.2 Å². The largest absolute Gasteiger partial charge is 0.497 e. The summed E-state index contributed by atoms with van der Waals surface area (Å²) in [6, 6.07) is 11.9. The summed E-state index contributed by atoms with van der Waals surface area (Å²) in [6.45, 7) is 3.31. The fraction of sp³-hybridized carbons (Fsp3) is 0.381. The zero-order chi connectivity index (χ0) is 21.0. The van der Waals surface area contributed by atoms with Gasteiger partial charge in [-0.3, -0.25) is 4.79 Å². The van der Waals surface area contributed by atoms with Gasteiger partial charge in [-0.15, -0.1) is 0 Å². The van der Waals surface area contributed by atoms with Gasteiger partial charge in [0.05, 0.1) is 24.7 Å². The normalized spacial score (nSPS) is 15.6. The highest BCUT2D eigenvalue weighted by atomic mass is 32.2. The van der Waals surface area contributed by atoms with Gasteiger partial charge in [0.15, 0.2) is 0 Å². The van der Waals surface area contributed by atoms with Gasteiger partial charge in [-0.1, -0.05) is 17.7 Å². The van der Waals surface area contributed by atoms with Crippen molar-refractivity contribution in [3.05, 3.63) is 53.6 Å². The van der Waals surface area contributed by atoms with Gasteiger partial charge in [-0.25, -0.2) is 8.42 Å². The molecule has 1 aliphatic heterocycles. The Kier molecular flexibility index (Phi) is 6.44. The molecule has 0 spiro atoms. The quantitative estimate of drug-likeness (QED) is 0.746. The van der Waals surface area contributed by atoms with Crippen LogP contribution in [0.2, 0.25) is 0 Å². The lowest BCUT2D eigenvalue weighted by Crippen LogP contribution is -2.37. The standard InChI is InChI=1S/C21H26N2O5S/c1-16-5-8-18(9-6-16)29(25,26)23-12-4-11-22(13-14-23)21(24)19-15-17(27-2)7-10-20(19)28-3/h5-10,15H,4,11-14H2,1-3H3. The fourth-order valence-electron chi connectivity index (χ4n) is 3.35. The Morgan fingerprint density at radius 3 is 2.31 bits per heavy atom. The van der Waals surface area contributed by atoms with Gasteiger partial charge in [-0.05, 0) is 43.7 Å². The molecule has 0 unspecified atom stereocenters. The number of benzene rings is 2. The molecule has 1 fully saturated rings. The Labute approximate surface area is 171 Å². The van der Waals surface area contributed by atoms with E-state index in [1.54, 1.807) is 47.4 Å². The molecular weight excluding hydrogens is 392 g/mol. The number of methoxy groups -OCH3 is 2. The van der Waals surface area contributed by atoms with Crippen molar-refractivity contribution < 1.29 is 22.7 Å². The van der Waals surface area contributed by atoms with Gasteiger partial charge >= 0.3 is 0 Å². The third-order valence-corrected chi connectivity index (χ3v) is 6.95. The Morgan fingerprint density at radius 2 is 1.66 bits per heavy atom. The smallest absolute Gasteiger partial charge is 0.257 e. The monoisotopic (exact) mass is 418 g/mol. The molecular formula is C21H26N2O5S. The van der Waals surface area contributed by atoms with E-state index in [0.29, 0.717) is 43.1 Å². The molecule has 0 bridgehead atoms. The summed E-state index contributed by atoms with van der Waals surface area (Å²) in [7, 11) is -0.540. The number of amides is 1. The van der Waals surface area contributed by atoms with Crippen molar-refractivity contribution in [1.29, 1.82) is 0 Å². The van der Waals surface area contributed by atoms with Crippen LogP contribution in [0.4, 0.5) is 0 Å². The SMILES string of the molecule is COc1ccc(OC)c(C(=O)N2CCCN(S(=O)(=O)c3ccc(C)cc3)CC2)c1. The highest BCUT2D eigenvalue weighted by molar-refractivity contribution is 7.89. The first-order valence-electron chi connectivity index (χ1n) is 9.45. The Bertz CT molecular complexity index is 973. The maximum atomic E-state index is 13.1. The van der Waals surface area contributed by atoms with Crippen LogP contribution in [0, 0.1) is 6.92 Å². The number of carbonyl (C=O) groups excluding carboxylic acids is 1. The van der Waals surface area contributed by atoms with Crippen LogP contribution in [0.3, 0.4) is 0 Å². The van der Waals surface area contributed by atoms with Crippen molar-refractivity contribution in [2.24, 2.45) is 0 Å². The van der Waals surface area contributed by atoms with E-state index in [0.717, 1.165) is 5.56 Å². The number of ether oxygens (including phenoxy) is 2. The predicted octanol–water partition coefficient (Wildman–Crippen LogP) is 2.55. The summed E-state index contributed by atoms with van der Waals surface area (Å²) in [4.78, 5) is 15.0. The molecule has 156 valence electrons. The maximum absolute atomic E-state index is 13.1. The molecule has 0 saturated carbocycles. The lowest BCUT2D eigenvalue weighted by atomic mass is 10.1. The van der Waals surface area contributed by atoms with Crippen molar-refractivity contribution in [2.75, 3.05) is 40.4 Å². The number of hydrogen-bond acceptors (Lipinski definition) is 5. The van der Waals surface area contributed by atoms with Gasteiger partial charge in [-0.2, -0.15) is 4.31 Å². The minimum Gasteiger partial charge on any atom is -0.497 e. The minimum atomic E-state index is -3.59. The summed E-state index contributed by atoms with van der Waals surface area (Å²) in [5, 5.41) is 0. The molecule has 2 aromatic carbocycles. The molecule has 0 aliphatic carbocycles. The van der Waals surface area contributed by atoms with Crippen LogP contribution in [0.5, 0.6) is 11.5 Å². The Morgan fingerprint density at radius 1 is 0.931 bits per heavy atom. The van der Waals surface area contributed by atoms with E-state index < -0.39 is 10.0 Å². The van der Waals surface area contributed by atoms with Crippen LogP contribution in [0.15, 0.2) is 47.4 Å². The topological polar surface area (TPSA) is 76.2 Å². The lowest BCUT2D eigenvalue weighted by Gasteiger charge is -2.23. The van der Waals surface area contributed by atoms with Crippen molar-refractivity contribution in [3.63, 3.8) is 0 Å². The van der Waals surface area contributed by atoms with Crippen LogP contribution < -0.4 is 9.47 Å². The Balaban J connectivity index is 1.78. The molecule has 0 atom stereocenters. The first-order chi connectivity index (χ1) is 13.9. The van der Waals surface area contributed by atoms with Gasteiger partial charge < -0.3 is 14.4 Å². The van der Waals surface area contributed by atoms with E-state index in [4.69, 9.17) is 9.47 Å². The first kappa shape index (κ1) is 21.1. The molecule has 1 aliphatic rings. The maximum Gasteiger partial charge on any atom is 0.257 e. The average Bonchev–Trinajstić information content (AvgIpc) is 3.00. The van der Waals surface area contributed by atoms with Crippen LogP contribution >= 0.6 is 0 Å². The van der Waals surface area contributed by atoms with E-state index >= 15 is 0 Å². The second-order valence-corrected chi connectivity index (χ2v) is 8.87. The Hall–Kier alpha value is -2.58. The summed E-state index contributed by atoms with van der Waals surface area (Å²) in [5.41, 5.74) is 1.41. The lowest BCUT2D eigenvalue weighted by molar-refractivity contribution is 0.0760. The average molecular weight is 419 g/mol. The molecule has 1 saturated heterocycles. The molecule has 8 heteroatoms. The van der Waals surface area contributed by atoms with Crippen LogP contribution in [-0.4, -0.2) is 63.9 Å². The number of aryl methyl sites for hydroxylation is 1. The number of rotatable bonds is 5. The van der Waals surface area contributed by atoms with Crippen LogP contribution in [0.25, 0.3) is 0 Å². The van der Waals surface area contributed by atoms with E-state index in [-0.39, 0.29) is 17.3 Å². The predicted molar refractivity (Wildman–Crippen MR) is 110 cm³/mol. The molecule has 7 nitrogen and oxygen atoms in total. The molecule has 3 rings (SSSR count). The van der Waals surface area contributed by atoms with Gasteiger partial charge in [0.2, 0.25) is 10.0 Å². The highest BCUT2D eigenvalue weighted by Crippen LogP contribution is 2.26. The molecule has 29 heavy (non-hydrogen) atoms. The number of hydrogen-bond donors (Lipinski definition) is 0. The second kappa shape index (κ2) is 8.84. The van der Waals surface area contributed by atoms with Crippen molar-refractivity contribution >= 4 is 15.9 Å². The molecule has 0 radical (unpaired) electrons. The van der Waals surface area contributed by atoms with Gasteiger partial charge in [0.1, 0.15) is 11.5 Å². The summed E-state index contributed by atoms with van der Waals surface area (Å²) < 4.78 is 37.9. The number of carbonyl (C=O) groups is 1. The third kappa shape index (κ3) is 4.54. The zero-order valence-corrected chi connectivity index (χ0v) is 17.7. The summed E-state index contributed by atoms with van der Waals surface area (Å²) >= 11 is 0. The first-order valence-corrected chi connectivity index (χ1v) is 10.9. The highest BCUT2D eigenvalue weighted by Gasteiger charge is 2.29. The number of sulfonamides is 1. The van der Waals surface area contributed by atoms with Crippen molar-refractivity contribution in [3.8, 4) is 11.5 Å². The molecule has 0 aromatic heterocycles. The fourth-order valence-corrected chi connectivity index (χ4v) is 4.82. The van der Waals surface area contributed by atoms with Crippen molar-refractivity contribution in [1.82, 2.24) is 9.21 Å². The van der Waals surface area contributed by atoms with Gasteiger partial charge in [0, 0.05) is 26.2 Å². The summed E-state index contributed by atoms with van der Waals surface area (Å²) in [5.74, 6) is 0.826. The van der Waals surface area contributed by atoms with E-state index in [1.165, 1.54) is 18.5 Å². The molecule has 1 amide bonds. The molecule has 1 heterocycles. The zero-order valence-electron chi connectivity index (χ0n) is 16.9. The van der Waals surface area contributed by atoms with E-state index in [1.807, 2.05) is 6.92 Å².